The summed E-state index contributed by atoms with van der Waals surface area (Å²) >= 11 is 0. The zero-order chi connectivity index (χ0) is 23.7. The second-order valence-corrected chi connectivity index (χ2v) is 9.10. The van der Waals surface area contributed by atoms with E-state index in [0.717, 1.165) is 24.0 Å². The number of hydrogen-bond acceptors (Lipinski definition) is 4. The Morgan fingerprint density at radius 3 is 2.38 bits per heavy atom. The van der Waals surface area contributed by atoms with Crippen molar-refractivity contribution in [1.82, 2.24) is 5.32 Å². The van der Waals surface area contributed by atoms with Crippen LogP contribution in [0.2, 0.25) is 0 Å². The van der Waals surface area contributed by atoms with Crippen LogP contribution >= 0.6 is 0 Å². The van der Waals surface area contributed by atoms with Gasteiger partial charge in [0.15, 0.2) is 0 Å². The van der Waals surface area contributed by atoms with E-state index in [9.17, 15) is 14.0 Å². The molecule has 0 aliphatic heterocycles. The first-order chi connectivity index (χ1) is 16.5. The van der Waals surface area contributed by atoms with Gasteiger partial charge in [0.25, 0.3) is 0 Å². The molecule has 0 aromatic heterocycles. The van der Waals surface area contributed by atoms with Gasteiger partial charge in [-0.05, 0) is 60.4 Å². The molecule has 1 unspecified atom stereocenters. The number of anilines is 2. The Hall–Kier alpha value is -3.80. The molecule has 0 saturated heterocycles. The number of nitrogens with one attached hydrogen (secondary N) is 3. The van der Waals surface area contributed by atoms with E-state index in [1.807, 2.05) is 48.5 Å². The highest BCUT2D eigenvalue weighted by molar-refractivity contribution is 5.94. The molecule has 5 rings (SSSR count). The fourth-order valence-corrected chi connectivity index (χ4v) is 4.88. The maximum Gasteiger partial charge on any atom is 0.223 e. The molecule has 0 radical (unpaired) electrons. The van der Waals surface area contributed by atoms with Gasteiger partial charge < -0.3 is 16.0 Å². The Morgan fingerprint density at radius 1 is 0.971 bits per heavy atom. The van der Waals surface area contributed by atoms with Crippen LogP contribution in [-0.2, 0) is 9.59 Å². The summed E-state index contributed by atoms with van der Waals surface area (Å²) in [6.45, 7) is 0. The molecule has 5 nitrogen and oxygen atoms in total. The minimum Gasteiger partial charge on any atom is -0.355 e. The number of benzene rings is 3. The van der Waals surface area contributed by atoms with Crippen molar-refractivity contribution in [2.45, 2.75) is 37.1 Å². The van der Waals surface area contributed by atoms with Crippen molar-refractivity contribution in [2.75, 3.05) is 5.32 Å². The second-order valence-electron chi connectivity index (χ2n) is 9.10. The molecule has 2 saturated carbocycles. The molecular weight excluding hydrogens is 429 g/mol. The molecule has 0 bridgehead atoms. The standard InChI is InChI=1S/C28H26FN3O2/c29-21-9-11-22(12-10-21)31-23-13-8-19(14-20(23)16-30)27-25(33)15-24(32-28(34)18-6-7-18)26(27)17-4-2-1-3-5-17/h1-5,8-14,16,18,24,26-27,30-31H,6-7,15H2,(H,32,34)/t24-,26+,27?/m0/s1. The van der Waals surface area contributed by atoms with E-state index in [2.05, 4.69) is 10.6 Å². The molecule has 3 N–H and O–H groups in total. The van der Waals surface area contributed by atoms with Crippen molar-refractivity contribution < 1.29 is 14.0 Å². The first-order valence-corrected chi connectivity index (χ1v) is 11.6. The highest BCUT2D eigenvalue weighted by atomic mass is 19.1. The second kappa shape index (κ2) is 9.21. The van der Waals surface area contributed by atoms with Crippen LogP contribution < -0.4 is 10.6 Å². The van der Waals surface area contributed by atoms with Crippen LogP contribution in [0, 0.1) is 17.1 Å². The Kier molecular flexibility index (Phi) is 5.97. The van der Waals surface area contributed by atoms with Gasteiger partial charge >= 0.3 is 0 Å². The van der Waals surface area contributed by atoms with Crippen molar-refractivity contribution in [1.29, 1.82) is 5.41 Å². The van der Waals surface area contributed by atoms with Gasteiger partial charge in [0.05, 0.1) is 5.92 Å². The zero-order valence-electron chi connectivity index (χ0n) is 18.6. The lowest BCUT2D eigenvalue weighted by atomic mass is 9.81. The Bertz CT molecular complexity index is 1220. The molecule has 2 fully saturated rings. The third-order valence-electron chi connectivity index (χ3n) is 6.73. The van der Waals surface area contributed by atoms with E-state index >= 15 is 0 Å². The molecule has 172 valence electrons. The maximum absolute atomic E-state index is 13.3. The highest BCUT2D eigenvalue weighted by Crippen LogP contribution is 2.45. The molecule has 6 heteroatoms. The zero-order valence-corrected chi connectivity index (χ0v) is 18.6. The minimum absolute atomic E-state index is 0.0402. The number of Topliss-reactive ketones (excluding diaryl/α,β-unsaturated/α-hetero) is 1. The van der Waals surface area contributed by atoms with Crippen molar-refractivity contribution in [3.05, 3.63) is 95.3 Å². The molecule has 3 aromatic carbocycles. The average molecular weight is 456 g/mol. The molecular formula is C28H26FN3O2. The quantitative estimate of drug-likeness (QED) is 0.423. The summed E-state index contributed by atoms with van der Waals surface area (Å²) in [6, 6.07) is 21.2. The van der Waals surface area contributed by atoms with Gasteiger partial charge in [0, 0.05) is 47.5 Å². The molecule has 3 atom stereocenters. The van der Waals surface area contributed by atoms with Crippen molar-refractivity contribution in [3.8, 4) is 0 Å². The molecule has 2 aliphatic carbocycles. The number of amides is 1. The van der Waals surface area contributed by atoms with E-state index in [4.69, 9.17) is 5.41 Å². The fraction of sp³-hybridized carbons (Fsp3) is 0.250. The first-order valence-electron chi connectivity index (χ1n) is 11.6. The van der Waals surface area contributed by atoms with Crippen LogP contribution in [0.3, 0.4) is 0 Å². The number of rotatable bonds is 7. The maximum atomic E-state index is 13.3. The van der Waals surface area contributed by atoms with Crippen LogP contribution in [0.15, 0.2) is 72.8 Å². The summed E-state index contributed by atoms with van der Waals surface area (Å²) in [4.78, 5) is 25.8. The third-order valence-corrected chi connectivity index (χ3v) is 6.73. The largest absolute Gasteiger partial charge is 0.355 e. The minimum atomic E-state index is -0.412. The fourth-order valence-electron chi connectivity index (χ4n) is 4.88. The third kappa shape index (κ3) is 4.49. The van der Waals surface area contributed by atoms with E-state index < -0.39 is 5.92 Å². The normalized spacial score (nSPS) is 21.8. The number of halogens is 1. The number of carbonyl (C=O) groups excluding carboxylic acids is 2. The monoisotopic (exact) mass is 455 g/mol. The van der Waals surface area contributed by atoms with E-state index in [1.165, 1.54) is 18.3 Å². The van der Waals surface area contributed by atoms with E-state index in [1.54, 1.807) is 12.1 Å². The highest BCUT2D eigenvalue weighted by Gasteiger charge is 2.45. The summed E-state index contributed by atoms with van der Waals surface area (Å²) in [7, 11) is 0. The predicted molar refractivity (Wildman–Crippen MR) is 130 cm³/mol. The topological polar surface area (TPSA) is 82.1 Å². The predicted octanol–water partition coefficient (Wildman–Crippen LogP) is 5.30. The van der Waals surface area contributed by atoms with E-state index in [-0.39, 0.29) is 41.8 Å². The van der Waals surface area contributed by atoms with Gasteiger partial charge in [-0.2, -0.15) is 0 Å². The molecule has 34 heavy (non-hydrogen) atoms. The summed E-state index contributed by atoms with van der Waals surface area (Å²) in [5.74, 6) is -0.699. The van der Waals surface area contributed by atoms with Crippen LogP contribution in [0.25, 0.3) is 0 Å². The Labute approximate surface area is 197 Å². The SMILES string of the molecule is N=Cc1cc(C2C(=O)C[C@H](NC(=O)C3CC3)[C@H]2c2ccccc2)ccc1Nc1ccc(F)cc1. The Morgan fingerprint density at radius 2 is 1.71 bits per heavy atom. The molecule has 0 spiro atoms. The van der Waals surface area contributed by atoms with Crippen LogP contribution in [0.4, 0.5) is 15.8 Å². The number of carbonyl (C=O) groups is 2. The number of hydrogen-bond donors (Lipinski definition) is 3. The molecule has 2 aliphatic rings. The Balaban J connectivity index is 1.47. The lowest BCUT2D eigenvalue weighted by molar-refractivity contribution is -0.123. The van der Waals surface area contributed by atoms with Gasteiger partial charge in [-0.3, -0.25) is 9.59 Å². The van der Waals surface area contributed by atoms with Gasteiger partial charge in [-0.25, -0.2) is 4.39 Å². The summed E-state index contributed by atoms with van der Waals surface area (Å²) in [5, 5.41) is 14.3. The molecule has 1 amide bonds. The lowest BCUT2D eigenvalue weighted by Gasteiger charge is -2.26. The summed E-state index contributed by atoms with van der Waals surface area (Å²) in [5.41, 5.74) is 3.88. The molecule has 0 heterocycles. The first kappa shape index (κ1) is 22.0. The lowest BCUT2D eigenvalue weighted by Crippen LogP contribution is -2.38. The van der Waals surface area contributed by atoms with E-state index in [0.29, 0.717) is 16.9 Å². The van der Waals surface area contributed by atoms with Crippen LogP contribution in [-0.4, -0.2) is 23.9 Å². The van der Waals surface area contributed by atoms with Crippen molar-refractivity contribution >= 4 is 29.3 Å². The smallest absolute Gasteiger partial charge is 0.223 e. The van der Waals surface area contributed by atoms with Gasteiger partial charge in [-0.1, -0.05) is 36.4 Å². The average Bonchev–Trinajstić information content (AvgIpc) is 3.65. The summed E-state index contributed by atoms with van der Waals surface area (Å²) in [6.07, 6.45) is 3.37. The van der Waals surface area contributed by atoms with Crippen molar-refractivity contribution in [2.24, 2.45) is 5.92 Å². The molecule has 3 aromatic rings. The van der Waals surface area contributed by atoms with Gasteiger partial charge in [0.1, 0.15) is 11.6 Å². The van der Waals surface area contributed by atoms with Crippen LogP contribution in [0.5, 0.6) is 0 Å². The summed E-state index contributed by atoms with van der Waals surface area (Å²) < 4.78 is 13.2. The number of ketones is 1. The van der Waals surface area contributed by atoms with Gasteiger partial charge in [0.2, 0.25) is 5.91 Å². The van der Waals surface area contributed by atoms with Gasteiger partial charge in [-0.15, -0.1) is 0 Å². The van der Waals surface area contributed by atoms with Crippen LogP contribution in [0.1, 0.15) is 47.8 Å². The van der Waals surface area contributed by atoms with Crippen molar-refractivity contribution in [3.63, 3.8) is 0 Å².